The summed E-state index contributed by atoms with van der Waals surface area (Å²) in [5.41, 5.74) is 3.06. The van der Waals surface area contributed by atoms with E-state index in [9.17, 15) is 4.39 Å². The van der Waals surface area contributed by atoms with Gasteiger partial charge in [-0.2, -0.15) is 0 Å². The fourth-order valence-corrected chi connectivity index (χ4v) is 2.44. The lowest BCUT2D eigenvalue weighted by Crippen LogP contribution is -2.23. The molecule has 0 radical (unpaired) electrons. The Hall–Kier alpha value is -1.87. The summed E-state index contributed by atoms with van der Waals surface area (Å²) in [5.74, 6) is 0.0293. The molecule has 21 heavy (non-hydrogen) atoms. The third kappa shape index (κ3) is 3.82. The smallest absolute Gasteiger partial charge is 0.168 e. The number of ether oxygens (including phenoxy) is 1. The van der Waals surface area contributed by atoms with E-state index in [1.54, 1.807) is 6.07 Å². The summed E-state index contributed by atoms with van der Waals surface area (Å²) in [4.78, 5) is 0. The molecule has 2 nitrogen and oxygen atoms in total. The number of benzene rings is 2. The number of methoxy groups -OCH3 is 1. The average Bonchev–Trinajstić information content (AvgIpc) is 2.49. The molecule has 3 heteroatoms. The Bertz CT molecular complexity index is 580. The van der Waals surface area contributed by atoms with Crippen molar-refractivity contribution in [3.63, 3.8) is 0 Å². The highest BCUT2D eigenvalue weighted by Crippen LogP contribution is 2.25. The van der Waals surface area contributed by atoms with Crippen molar-refractivity contribution in [2.45, 2.75) is 26.3 Å². The summed E-state index contributed by atoms with van der Waals surface area (Å²) in [6.07, 6.45) is 0.597. The van der Waals surface area contributed by atoms with E-state index in [2.05, 4.69) is 43.4 Å². The second kappa shape index (κ2) is 7.23. The minimum absolute atomic E-state index is 0.0946. The Balaban J connectivity index is 2.26. The lowest BCUT2D eigenvalue weighted by Gasteiger charge is -2.19. The van der Waals surface area contributed by atoms with Crippen molar-refractivity contribution in [2.24, 2.45) is 0 Å². The third-order valence-electron chi connectivity index (χ3n) is 3.62. The average molecular weight is 287 g/mol. The van der Waals surface area contributed by atoms with Crippen LogP contribution in [0.4, 0.5) is 4.39 Å². The van der Waals surface area contributed by atoms with Crippen LogP contribution in [-0.4, -0.2) is 13.7 Å². The lowest BCUT2D eigenvalue weighted by atomic mass is 9.97. The van der Waals surface area contributed by atoms with Crippen molar-refractivity contribution in [3.8, 4) is 5.75 Å². The van der Waals surface area contributed by atoms with Crippen molar-refractivity contribution < 1.29 is 9.13 Å². The number of hydrogen-bond acceptors (Lipinski definition) is 2. The molecule has 112 valence electrons. The van der Waals surface area contributed by atoms with Gasteiger partial charge in [0.25, 0.3) is 0 Å². The summed E-state index contributed by atoms with van der Waals surface area (Å²) in [5, 5.41) is 3.42. The maximum absolute atomic E-state index is 14.3. The predicted molar refractivity (Wildman–Crippen MR) is 84.3 cm³/mol. The van der Waals surface area contributed by atoms with Crippen molar-refractivity contribution in [1.82, 2.24) is 5.32 Å². The minimum Gasteiger partial charge on any atom is -0.494 e. The van der Waals surface area contributed by atoms with Gasteiger partial charge in [0.2, 0.25) is 0 Å². The van der Waals surface area contributed by atoms with Crippen molar-refractivity contribution in [1.29, 1.82) is 0 Å². The van der Waals surface area contributed by atoms with Crippen LogP contribution in [0.1, 0.15) is 29.7 Å². The second-order valence-corrected chi connectivity index (χ2v) is 5.16. The van der Waals surface area contributed by atoms with Crippen molar-refractivity contribution in [2.75, 3.05) is 13.7 Å². The molecule has 2 aromatic rings. The standard InChI is InChI=1S/C18H22FNO/c1-4-20-16(14-10-8-13(2)9-11-14)12-15-6-5-7-17(21-3)18(15)19/h5-11,16,20H,4,12H2,1-3H3. The zero-order valence-corrected chi connectivity index (χ0v) is 12.8. The zero-order valence-electron chi connectivity index (χ0n) is 12.8. The van der Waals surface area contributed by atoms with Gasteiger partial charge in [-0.3, -0.25) is 0 Å². The molecule has 0 saturated carbocycles. The fourth-order valence-electron chi connectivity index (χ4n) is 2.44. The summed E-state index contributed by atoms with van der Waals surface area (Å²) in [7, 11) is 1.49. The number of nitrogens with one attached hydrogen (secondary N) is 1. The number of halogens is 1. The highest BCUT2D eigenvalue weighted by molar-refractivity contribution is 5.33. The van der Waals surface area contributed by atoms with E-state index in [-0.39, 0.29) is 11.9 Å². The molecule has 0 bridgehead atoms. The van der Waals surface area contributed by atoms with Gasteiger partial charge in [-0.1, -0.05) is 48.9 Å². The van der Waals surface area contributed by atoms with E-state index in [0.29, 0.717) is 17.7 Å². The van der Waals surface area contributed by atoms with E-state index >= 15 is 0 Å². The van der Waals surface area contributed by atoms with E-state index in [1.165, 1.54) is 18.2 Å². The molecule has 1 atom stereocenters. The summed E-state index contributed by atoms with van der Waals surface area (Å²) in [6.45, 7) is 4.96. The SMILES string of the molecule is CCNC(Cc1cccc(OC)c1F)c1ccc(C)cc1. The molecular weight excluding hydrogens is 265 g/mol. The van der Waals surface area contributed by atoms with Gasteiger partial charge in [-0.25, -0.2) is 4.39 Å². The molecule has 0 aliphatic carbocycles. The predicted octanol–water partition coefficient (Wildman–Crippen LogP) is 4.04. The number of rotatable bonds is 6. The van der Waals surface area contributed by atoms with E-state index in [0.717, 1.165) is 6.54 Å². The largest absolute Gasteiger partial charge is 0.494 e. The van der Waals surface area contributed by atoms with Gasteiger partial charge in [0.15, 0.2) is 11.6 Å². The molecule has 0 aliphatic rings. The Morgan fingerprint density at radius 3 is 2.48 bits per heavy atom. The van der Waals surface area contributed by atoms with Crippen LogP contribution in [0.3, 0.4) is 0 Å². The first kappa shape index (κ1) is 15.5. The molecule has 2 aromatic carbocycles. The third-order valence-corrected chi connectivity index (χ3v) is 3.62. The number of likely N-dealkylation sites (N-methyl/N-ethyl adjacent to an activating group) is 1. The lowest BCUT2D eigenvalue weighted by molar-refractivity contribution is 0.382. The van der Waals surface area contributed by atoms with Crippen LogP contribution in [-0.2, 0) is 6.42 Å². The number of aryl methyl sites for hydroxylation is 1. The first-order valence-corrected chi connectivity index (χ1v) is 7.27. The fraction of sp³-hybridized carbons (Fsp3) is 0.333. The van der Waals surface area contributed by atoms with Crippen LogP contribution < -0.4 is 10.1 Å². The van der Waals surface area contributed by atoms with Gasteiger partial charge in [0, 0.05) is 6.04 Å². The molecule has 0 saturated heterocycles. The molecule has 0 aliphatic heterocycles. The zero-order chi connectivity index (χ0) is 15.2. The van der Waals surface area contributed by atoms with Crippen LogP contribution in [0.25, 0.3) is 0 Å². The van der Waals surface area contributed by atoms with Crippen LogP contribution in [0.15, 0.2) is 42.5 Å². The monoisotopic (exact) mass is 287 g/mol. The summed E-state index contributed by atoms with van der Waals surface area (Å²) < 4.78 is 19.4. The van der Waals surface area contributed by atoms with Gasteiger partial charge in [0.1, 0.15) is 0 Å². The molecule has 1 N–H and O–H groups in total. The van der Waals surface area contributed by atoms with Gasteiger partial charge < -0.3 is 10.1 Å². The summed E-state index contributed by atoms with van der Waals surface area (Å²) >= 11 is 0. The molecule has 0 amide bonds. The van der Waals surface area contributed by atoms with Gasteiger partial charge in [-0.05, 0) is 37.1 Å². The van der Waals surface area contributed by atoms with E-state index < -0.39 is 0 Å². The van der Waals surface area contributed by atoms with Gasteiger partial charge in [0.05, 0.1) is 7.11 Å². The molecule has 2 rings (SSSR count). The highest BCUT2D eigenvalue weighted by atomic mass is 19.1. The van der Waals surface area contributed by atoms with Crippen LogP contribution in [0.2, 0.25) is 0 Å². The molecule has 0 aromatic heterocycles. The quantitative estimate of drug-likeness (QED) is 0.866. The topological polar surface area (TPSA) is 21.3 Å². The maximum atomic E-state index is 14.3. The maximum Gasteiger partial charge on any atom is 0.168 e. The highest BCUT2D eigenvalue weighted by Gasteiger charge is 2.15. The van der Waals surface area contributed by atoms with Gasteiger partial charge in [-0.15, -0.1) is 0 Å². The van der Waals surface area contributed by atoms with Gasteiger partial charge >= 0.3 is 0 Å². The Labute approximate surface area is 126 Å². The first-order chi connectivity index (χ1) is 10.2. The van der Waals surface area contributed by atoms with E-state index in [4.69, 9.17) is 4.74 Å². The van der Waals surface area contributed by atoms with Crippen LogP contribution in [0.5, 0.6) is 5.75 Å². The first-order valence-electron chi connectivity index (χ1n) is 7.27. The Morgan fingerprint density at radius 1 is 1.14 bits per heavy atom. The van der Waals surface area contributed by atoms with E-state index in [1.807, 2.05) is 12.1 Å². The summed E-state index contributed by atoms with van der Waals surface area (Å²) in [6, 6.07) is 13.8. The molecule has 0 spiro atoms. The van der Waals surface area contributed by atoms with Crippen molar-refractivity contribution in [3.05, 3.63) is 65.0 Å². The molecule has 0 fully saturated rings. The Kier molecular flexibility index (Phi) is 5.34. The normalized spacial score (nSPS) is 12.2. The Morgan fingerprint density at radius 2 is 1.86 bits per heavy atom. The van der Waals surface area contributed by atoms with Crippen molar-refractivity contribution >= 4 is 0 Å². The second-order valence-electron chi connectivity index (χ2n) is 5.16. The minimum atomic E-state index is -0.269. The van der Waals surface area contributed by atoms with Crippen LogP contribution in [0, 0.1) is 12.7 Å². The molecular formula is C18H22FNO. The molecule has 1 unspecified atom stereocenters. The van der Waals surface area contributed by atoms with Crippen LogP contribution >= 0.6 is 0 Å². The number of hydrogen-bond donors (Lipinski definition) is 1. The molecule has 0 heterocycles.